The number of aromatic nitrogens is 2. The number of fused-ring (bicyclic) bond motifs is 1. The van der Waals surface area contributed by atoms with Crippen LogP contribution in [-0.4, -0.2) is 42.1 Å². The summed E-state index contributed by atoms with van der Waals surface area (Å²) in [6, 6.07) is 4.94. The molecule has 6 nitrogen and oxygen atoms in total. The molecule has 1 heterocycles. The molecule has 1 aromatic carbocycles. The van der Waals surface area contributed by atoms with Gasteiger partial charge in [0.15, 0.2) is 0 Å². The Bertz CT molecular complexity index is 960. The lowest BCUT2D eigenvalue weighted by Gasteiger charge is -2.30. The smallest absolute Gasteiger partial charge is 0.251 e. The molecule has 2 aliphatic carbocycles. The van der Waals surface area contributed by atoms with Gasteiger partial charge in [0.2, 0.25) is 5.95 Å². The molecule has 2 aliphatic rings. The van der Waals surface area contributed by atoms with Crippen molar-refractivity contribution >= 4 is 30.1 Å². The van der Waals surface area contributed by atoms with E-state index in [4.69, 9.17) is 9.97 Å². The quantitative estimate of drug-likeness (QED) is 0.688. The molecule has 1 aromatic heterocycles. The second kappa shape index (κ2) is 10.5. The van der Waals surface area contributed by atoms with E-state index >= 15 is 0 Å². The largest absolute Gasteiger partial charge is 0.362 e. The summed E-state index contributed by atoms with van der Waals surface area (Å²) >= 11 is 0. The summed E-state index contributed by atoms with van der Waals surface area (Å²) in [6.07, 6.45) is 8.17. The minimum atomic E-state index is -0.287. The summed E-state index contributed by atoms with van der Waals surface area (Å²) < 4.78 is 13.5. The molecule has 1 amide bonds. The van der Waals surface area contributed by atoms with E-state index in [9.17, 15) is 9.18 Å². The van der Waals surface area contributed by atoms with Gasteiger partial charge < -0.3 is 15.5 Å². The van der Waals surface area contributed by atoms with Crippen LogP contribution < -0.4 is 15.5 Å². The number of rotatable bonds is 5. The predicted molar refractivity (Wildman–Crippen MR) is 129 cm³/mol. The van der Waals surface area contributed by atoms with Gasteiger partial charge in [0.05, 0.1) is 5.69 Å². The summed E-state index contributed by atoms with van der Waals surface area (Å²) in [7, 11) is 4.08. The van der Waals surface area contributed by atoms with E-state index in [0.29, 0.717) is 17.2 Å². The molecule has 0 atom stereocenters. The molecule has 2 N–H and O–H groups in total. The molecule has 8 heteroatoms. The van der Waals surface area contributed by atoms with Crippen molar-refractivity contribution in [2.75, 3.05) is 24.3 Å². The van der Waals surface area contributed by atoms with Gasteiger partial charge in [0.1, 0.15) is 11.6 Å². The molecule has 0 unspecified atom stereocenters. The number of benzene rings is 1. The second-order valence-electron chi connectivity index (χ2n) is 9.03. The molecular formula is C24H33ClFN5O. The number of hydrogen-bond donors (Lipinski definition) is 2. The van der Waals surface area contributed by atoms with E-state index in [1.165, 1.54) is 30.2 Å². The molecule has 4 rings (SSSR count). The van der Waals surface area contributed by atoms with Crippen molar-refractivity contribution in [3.63, 3.8) is 0 Å². The van der Waals surface area contributed by atoms with Crippen molar-refractivity contribution in [2.24, 2.45) is 0 Å². The number of amides is 1. The van der Waals surface area contributed by atoms with E-state index in [2.05, 4.69) is 15.5 Å². The van der Waals surface area contributed by atoms with Gasteiger partial charge in [-0.2, -0.15) is 4.98 Å². The zero-order valence-electron chi connectivity index (χ0n) is 19.1. The fourth-order valence-corrected chi connectivity index (χ4v) is 4.63. The van der Waals surface area contributed by atoms with Crippen molar-refractivity contribution in [3.8, 4) is 0 Å². The second-order valence-corrected chi connectivity index (χ2v) is 9.03. The minimum Gasteiger partial charge on any atom is -0.362 e. The first kappa shape index (κ1) is 24.2. The molecule has 0 aliphatic heterocycles. The average molecular weight is 462 g/mol. The van der Waals surface area contributed by atoms with Crippen LogP contribution in [0.4, 0.5) is 16.2 Å². The van der Waals surface area contributed by atoms with Gasteiger partial charge in [-0.25, -0.2) is 9.37 Å². The predicted octanol–water partition coefficient (Wildman–Crippen LogP) is 4.44. The van der Waals surface area contributed by atoms with Crippen molar-refractivity contribution in [1.82, 2.24) is 15.3 Å². The molecule has 1 saturated carbocycles. The monoisotopic (exact) mass is 461 g/mol. The topological polar surface area (TPSA) is 70.2 Å². The van der Waals surface area contributed by atoms with Crippen LogP contribution in [-0.2, 0) is 12.8 Å². The van der Waals surface area contributed by atoms with Gasteiger partial charge in [0.25, 0.3) is 5.91 Å². The lowest BCUT2D eigenvalue weighted by molar-refractivity contribution is 0.0926. The standard InChI is InChI=1S/C24H32FN5O.ClH/c1-15-14-16(8-13-20(15)25)23(31)26-17-9-11-18(12-10-17)27-24-28-21-7-5-4-6-19(21)22(29-24)30(2)3;/h8,13-14,17-18H,4-7,9-12H2,1-3H3,(H,26,31)(H,27,28,29);1H/t17-,18+;. The van der Waals surface area contributed by atoms with Gasteiger partial charge >= 0.3 is 0 Å². The number of halogens is 2. The highest BCUT2D eigenvalue weighted by Gasteiger charge is 2.25. The zero-order valence-corrected chi connectivity index (χ0v) is 19.9. The molecule has 0 bridgehead atoms. The number of anilines is 2. The summed E-state index contributed by atoms with van der Waals surface area (Å²) in [6.45, 7) is 1.67. The molecule has 0 radical (unpaired) electrons. The summed E-state index contributed by atoms with van der Waals surface area (Å²) in [4.78, 5) is 24.2. The van der Waals surface area contributed by atoms with Gasteiger partial charge in [-0.15, -0.1) is 12.4 Å². The lowest BCUT2D eigenvalue weighted by Crippen LogP contribution is -2.40. The number of nitrogens with zero attached hydrogens (tertiary/aromatic N) is 3. The highest BCUT2D eigenvalue weighted by atomic mass is 35.5. The number of nitrogens with one attached hydrogen (secondary N) is 2. The highest BCUT2D eigenvalue weighted by Crippen LogP contribution is 2.29. The molecule has 2 aromatic rings. The van der Waals surface area contributed by atoms with Crippen LogP contribution in [0.1, 0.15) is 65.7 Å². The van der Waals surface area contributed by atoms with E-state index in [1.54, 1.807) is 19.1 Å². The molecule has 174 valence electrons. The molecule has 1 fully saturated rings. The van der Waals surface area contributed by atoms with E-state index < -0.39 is 0 Å². The van der Waals surface area contributed by atoms with Crippen LogP contribution in [0.5, 0.6) is 0 Å². The van der Waals surface area contributed by atoms with Crippen LogP contribution in [0, 0.1) is 12.7 Å². The molecular weight excluding hydrogens is 429 g/mol. The van der Waals surface area contributed by atoms with E-state index in [0.717, 1.165) is 50.3 Å². The van der Waals surface area contributed by atoms with Crippen LogP contribution in [0.2, 0.25) is 0 Å². The fraction of sp³-hybridized carbons (Fsp3) is 0.542. The molecule has 0 saturated heterocycles. The van der Waals surface area contributed by atoms with Gasteiger partial charge in [-0.05, 0) is 82.1 Å². The highest BCUT2D eigenvalue weighted by molar-refractivity contribution is 5.94. The SMILES string of the molecule is Cc1cc(C(=O)N[C@H]2CC[C@@H](Nc3nc4c(c(N(C)C)n3)CCCC4)CC2)ccc1F.Cl. The number of aryl methyl sites for hydroxylation is 2. The van der Waals surface area contributed by atoms with Gasteiger partial charge in [0, 0.05) is 37.3 Å². The van der Waals surface area contributed by atoms with Crippen LogP contribution in [0.15, 0.2) is 18.2 Å². The third-order valence-corrected chi connectivity index (χ3v) is 6.40. The maximum atomic E-state index is 13.5. The van der Waals surface area contributed by atoms with Gasteiger partial charge in [-0.3, -0.25) is 4.79 Å². The Balaban J connectivity index is 0.00000289. The minimum absolute atomic E-state index is 0. The Morgan fingerprint density at radius 1 is 1.06 bits per heavy atom. The fourth-order valence-electron chi connectivity index (χ4n) is 4.63. The normalized spacial score (nSPS) is 20.0. The molecule has 32 heavy (non-hydrogen) atoms. The Morgan fingerprint density at radius 3 is 2.44 bits per heavy atom. The first-order chi connectivity index (χ1) is 14.9. The first-order valence-corrected chi connectivity index (χ1v) is 11.3. The van der Waals surface area contributed by atoms with Crippen molar-refractivity contribution in [3.05, 3.63) is 46.4 Å². The number of carbonyl (C=O) groups is 1. The summed E-state index contributed by atoms with van der Waals surface area (Å²) in [5.41, 5.74) is 3.48. The van der Waals surface area contributed by atoms with Crippen LogP contribution >= 0.6 is 12.4 Å². The Kier molecular flexibility index (Phi) is 7.93. The van der Waals surface area contributed by atoms with Gasteiger partial charge in [-0.1, -0.05) is 0 Å². The molecule has 0 spiro atoms. The summed E-state index contributed by atoms with van der Waals surface area (Å²) in [5.74, 6) is 1.33. The Hall–Kier alpha value is -2.41. The maximum Gasteiger partial charge on any atom is 0.251 e. The van der Waals surface area contributed by atoms with Crippen molar-refractivity contribution in [2.45, 2.75) is 70.4 Å². The lowest BCUT2D eigenvalue weighted by atomic mass is 9.91. The van der Waals surface area contributed by atoms with Crippen molar-refractivity contribution in [1.29, 1.82) is 0 Å². The number of hydrogen-bond acceptors (Lipinski definition) is 5. The third kappa shape index (κ3) is 5.49. The van der Waals surface area contributed by atoms with E-state index in [-0.39, 0.29) is 30.2 Å². The number of carbonyl (C=O) groups excluding carboxylic acids is 1. The first-order valence-electron chi connectivity index (χ1n) is 11.3. The summed E-state index contributed by atoms with van der Waals surface area (Å²) in [5, 5.41) is 6.65. The van der Waals surface area contributed by atoms with E-state index in [1.807, 2.05) is 14.1 Å². The average Bonchev–Trinajstić information content (AvgIpc) is 2.76. The zero-order chi connectivity index (χ0) is 22.0. The third-order valence-electron chi connectivity index (χ3n) is 6.40. The van der Waals surface area contributed by atoms with Crippen LogP contribution in [0.25, 0.3) is 0 Å². The van der Waals surface area contributed by atoms with Crippen molar-refractivity contribution < 1.29 is 9.18 Å². The Morgan fingerprint density at radius 2 is 1.75 bits per heavy atom. The van der Waals surface area contributed by atoms with Crippen LogP contribution in [0.3, 0.4) is 0 Å². The maximum absolute atomic E-state index is 13.5. The Labute approximate surface area is 195 Å².